The van der Waals surface area contributed by atoms with Gasteiger partial charge in [-0.25, -0.2) is 0 Å². The quantitative estimate of drug-likeness (QED) is 0.552. The molecule has 1 fully saturated rings. The summed E-state index contributed by atoms with van der Waals surface area (Å²) in [6, 6.07) is 0. The molecule has 18 heavy (non-hydrogen) atoms. The minimum absolute atomic E-state index is 0.253. The van der Waals surface area contributed by atoms with Crippen molar-refractivity contribution in [2.45, 2.75) is 44.5 Å². The van der Waals surface area contributed by atoms with Crippen LogP contribution in [0.5, 0.6) is 0 Å². The average Bonchev–Trinajstić information content (AvgIpc) is 2.81. The SMILES string of the molecule is COC(=O)CC=CCC1(CC[C@@H](C)O)OCCO1. The van der Waals surface area contributed by atoms with Gasteiger partial charge in [-0.1, -0.05) is 12.2 Å². The number of hydrogen-bond acceptors (Lipinski definition) is 5. The number of carbonyl (C=O) groups is 1. The van der Waals surface area contributed by atoms with Crippen molar-refractivity contribution in [2.24, 2.45) is 0 Å². The number of methoxy groups -OCH3 is 1. The normalized spacial score (nSPS) is 20.2. The van der Waals surface area contributed by atoms with Crippen LogP contribution in [0.4, 0.5) is 0 Å². The predicted octanol–water partition coefficient (Wildman–Crippen LogP) is 1.40. The molecule has 0 aromatic carbocycles. The summed E-state index contributed by atoms with van der Waals surface area (Å²) in [5.41, 5.74) is 0. The van der Waals surface area contributed by atoms with Crippen molar-refractivity contribution in [3.63, 3.8) is 0 Å². The Balaban J connectivity index is 2.40. The van der Waals surface area contributed by atoms with E-state index in [0.29, 0.717) is 32.5 Å². The summed E-state index contributed by atoms with van der Waals surface area (Å²) >= 11 is 0. The molecule has 0 saturated carbocycles. The van der Waals surface area contributed by atoms with Gasteiger partial charge in [0.1, 0.15) is 0 Å². The zero-order chi connectivity index (χ0) is 13.4. The first kappa shape index (κ1) is 15.1. The molecule has 1 rings (SSSR count). The predicted molar refractivity (Wildman–Crippen MR) is 65.9 cm³/mol. The Kier molecular flexibility index (Phi) is 6.32. The maximum Gasteiger partial charge on any atom is 0.309 e. The van der Waals surface area contributed by atoms with Crippen LogP contribution in [0.25, 0.3) is 0 Å². The molecular weight excluding hydrogens is 236 g/mol. The number of aliphatic hydroxyl groups excluding tert-OH is 1. The number of hydrogen-bond donors (Lipinski definition) is 1. The number of rotatable bonds is 7. The van der Waals surface area contributed by atoms with E-state index in [1.54, 1.807) is 13.0 Å². The molecule has 1 heterocycles. The maximum absolute atomic E-state index is 10.9. The number of ether oxygens (including phenoxy) is 3. The molecule has 104 valence electrons. The third-order valence-electron chi connectivity index (χ3n) is 2.86. The lowest BCUT2D eigenvalue weighted by atomic mass is 10.0. The van der Waals surface area contributed by atoms with E-state index in [-0.39, 0.29) is 18.5 Å². The molecule has 5 nitrogen and oxygen atoms in total. The highest BCUT2D eigenvalue weighted by Gasteiger charge is 2.35. The van der Waals surface area contributed by atoms with Crippen molar-refractivity contribution < 1.29 is 24.1 Å². The average molecular weight is 258 g/mol. The molecule has 0 spiro atoms. The van der Waals surface area contributed by atoms with Crippen LogP contribution in [0.1, 0.15) is 32.6 Å². The molecule has 1 N–H and O–H groups in total. The van der Waals surface area contributed by atoms with Crippen molar-refractivity contribution in [2.75, 3.05) is 20.3 Å². The summed E-state index contributed by atoms with van der Waals surface area (Å²) < 4.78 is 15.8. The van der Waals surface area contributed by atoms with Gasteiger partial charge in [0.05, 0.1) is 32.8 Å². The van der Waals surface area contributed by atoms with Gasteiger partial charge < -0.3 is 19.3 Å². The number of aliphatic hydroxyl groups is 1. The number of carbonyl (C=O) groups excluding carboxylic acids is 1. The molecule has 1 aliphatic rings. The lowest BCUT2D eigenvalue weighted by molar-refractivity contribution is -0.162. The van der Waals surface area contributed by atoms with Crippen LogP contribution in [-0.4, -0.2) is 43.3 Å². The Labute approximate surface area is 108 Å². The Morgan fingerprint density at radius 3 is 2.67 bits per heavy atom. The van der Waals surface area contributed by atoms with Crippen molar-refractivity contribution in [3.8, 4) is 0 Å². The van der Waals surface area contributed by atoms with Crippen molar-refractivity contribution >= 4 is 5.97 Å². The van der Waals surface area contributed by atoms with E-state index in [1.807, 2.05) is 6.08 Å². The second kappa shape index (κ2) is 7.51. The Bertz CT molecular complexity index is 279. The second-order valence-electron chi connectivity index (χ2n) is 4.45. The summed E-state index contributed by atoms with van der Waals surface area (Å²) in [5.74, 6) is -0.901. The van der Waals surface area contributed by atoms with Gasteiger partial charge in [0, 0.05) is 12.8 Å². The summed E-state index contributed by atoms with van der Waals surface area (Å²) in [6.45, 7) is 2.89. The molecule has 5 heteroatoms. The van der Waals surface area contributed by atoms with Crippen LogP contribution in [0, 0.1) is 0 Å². The lowest BCUT2D eigenvalue weighted by Gasteiger charge is -2.26. The van der Waals surface area contributed by atoms with E-state index in [9.17, 15) is 9.90 Å². The van der Waals surface area contributed by atoms with Crippen LogP contribution in [0.3, 0.4) is 0 Å². The highest BCUT2D eigenvalue weighted by atomic mass is 16.7. The van der Waals surface area contributed by atoms with Gasteiger partial charge in [0.2, 0.25) is 0 Å². The van der Waals surface area contributed by atoms with E-state index in [0.717, 1.165) is 0 Å². The standard InChI is InChI=1S/C13H22O5/c1-11(14)6-8-13(17-9-10-18-13)7-4-3-5-12(15)16-2/h3-4,11,14H,5-10H2,1-2H3/t11-/m1/s1. The molecule has 0 bridgehead atoms. The first-order chi connectivity index (χ1) is 8.58. The third-order valence-corrected chi connectivity index (χ3v) is 2.86. The van der Waals surface area contributed by atoms with Gasteiger partial charge >= 0.3 is 5.97 Å². The van der Waals surface area contributed by atoms with Crippen LogP contribution in [0.2, 0.25) is 0 Å². The molecule has 0 radical (unpaired) electrons. The second-order valence-corrected chi connectivity index (χ2v) is 4.45. The first-order valence-electron chi connectivity index (χ1n) is 6.26. The largest absolute Gasteiger partial charge is 0.469 e. The van der Waals surface area contributed by atoms with Crippen molar-refractivity contribution in [1.29, 1.82) is 0 Å². The maximum atomic E-state index is 10.9. The fourth-order valence-electron chi connectivity index (χ4n) is 1.82. The molecule has 1 atom stereocenters. The van der Waals surface area contributed by atoms with Gasteiger partial charge in [0.15, 0.2) is 5.79 Å². The van der Waals surface area contributed by atoms with Crippen LogP contribution in [0.15, 0.2) is 12.2 Å². The highest BCUT2D eigenvalue weighted by molar-refractivity contribution is 5.70. The molecule has 0 amide bonds. The summed E-state index contributed by atoms with van der Waals surface area (Å²) in [6.07, 6.45) is 5.36. The zero-order valence-electron chi connectivity index (χ0n) is 11.1. The fraction of sp³-hybridized carbons (Fsp3) is 0.769. The molecule has 0 aliphatic carbocycles. The summed E-state index contributed by atoms with van der Waals surface area (Å²) in [7, 11) is 1.36. The molecule has 1 saturated heterocycles. The van der Waals surface area contributed by atoms with E-state index in [4.69, 9.17) is 9.47 Å². The van der Waals surface area contributed by atoms with Crippen molar-refractivity contribution in [3.05, 3.63) is 12.2 Å². The Morgan fingerprint density at radius 1 is 1.44 bits per heavy atom. The zero-order valence-corrected chi connectivity index (χ0v) is 11.1. The highest BCUT2D eigenvalue weighted by Crippen LogP contribution is 2.29. The monoisotopic (exact) mass is 258 g/mol. The van der Waals surface area contributed by atoms with Gasteiger partial charge in [-0.15, -0.1) is 0 Å². The Hall–Kier alpha value is -0.910. The molecule has 0 aromatic rings. The third kappa shape index (κ3) is 5.16. The van der Waals surface area contributed by atoms with Gasteiger partial charge in [-0.2, -0.15) is 0 Å². The van der Waals surface area contributed by atoms with Gasteiger partial charge in [0.25, 0.3) is 0 Å². The minimum atomic E-state index is -0.635. The summed E-state index contributed by atoms with van der Waals surface area (Å²) in [5, 5.41) is 9.31. The molecule has 0 unspecified atom stereocenters. The fourth-order valence-corrected chi connectivity index (χ4v) is 1.82. The van der Waals surface area contributed by atoms with E-state index >= 15 is 0 Å². The Morgan fingerprint density at radius 2 is 2.11 bits per heavy atom. The first-order valence-corrected chi connectivity index (χ1v) is 6.26. The van der Waals surface area contributed by atoms with Gasteiger partial charge in [-0.05, 0) is 13.3 Å². The van der Waals surface area contributed by atoms with Crippen LogP contribution < -0.4 is 0 Å². The van der Waals surface area contributed by atoms with E-state index in [1.165, 1.54) is 7.11 Å². The number of esters is 1. The van der Waals surface area contributed by atoms with E-state index in [2.05, 4.69) is 4.74 Å². The minimum Gasteiger partial charge on any atom is -0.469 e. The van der Waals surface area contributed by atoms with Crippen LogP contribution >= 0.6 is 0 Å². The lowest BCUT2D eigenvalue weighted by Crippen LogP contribution is -2.30. The topological polar surface area (TPSA) is 65.0 Å². The molecule has 0 aromatic heterocycles. The smallest absolute Gasteiger partial charge is 0.309 e. The molecular formula is C13H22O5. The van der Waals surface area contributed by atoms with Gasteiger partial charge in [-0.3, -0.25) is 4.79 Å². The van der Waals surface area contributed by atoms with Crippen LogP contribution in [-0.2, 0) is 19.0 Å². The van der Waals surface area contributed by atoms with Crippen molar-refractivity contribution in [1.82, 2.24) is 0 Å². The van der Waals surface area contributed by atoms with E-state index < -0.39 is 5.79 Å². The molecule has 1 aliphatic heterocycles. The summed E-state index contributed by atoms with van der Waals surface area (Å²) in [4.78, 5) is 10.9.